The third-order valence-corrected chi connectivity index (χ3v) is 3.60. The molecule has 102 valence electrons. The van der Waals surface area contributed by atoms with Crippen LogP contribution in [0.4, 0.5) is 0 Å². The van der Waals surface area contributed by atoms with E-state index in [-0.39, 0.29) is 0 Å². The van der Waals surface area contributed by atoms with Crippen molar-refractivity contribution in [1.29, 1.82) is 0 Å². The second-order valence-electron chi connectivity index (χ2n) is 5.51. The molecule has 2 heteroatoms. The Morgan fingerprint density at radius 3 is 2.28 bits per heavy atom. The van der Waals surface area contributed by atoms with E-state index in [1.54, 1.807) is 0 Å². The van der Waals surface area contributed by atoms with Gasteiger partial charge in [0.15, 0.2) is 0 Å². The van der Waals surface area contributed by atoms with Crippen molar-refractivity contribution in [2.24, 2.45) is 0 Å². The van der Waals surface area contributed by atoms with Crippen LogP contribution < -0.4 is 5.32 Å². The van der Waals surface area contributed by atoms with Crippen molar-refractivity contribution in [1.82, 2.24) is 10.2 Å². The highest BCUT2D eigenvalue weighted by atomic mass is 15.1. The highest BCUT2D eigenvalue weighted by Crippen LogP contribution is 2.12. The summed E-state index contributed by atoms with van der Waals surface area (Å²) in [6.45, 7) is 11.1. The fourth-order valence-electron chi connectivity index (χ4n) is 1.88. The van der Waals surface area contributed by atoms with E-state index in [1.807, 2.05) is 0 Å². The summed E-state index contributed by atoms with van der Waals surface area (Å²) in [5, 5.41) is 3.59. The van der Waals surface area contributed by atoms with Gasteiger partial charge in [-0.05, 0) is 59.8 Å². The van der Waals surface area contributed by atoms with Crippen molar-refractivity contribution >= 4 is 0 Å². The average molecular weight is 248 g/mol. The first kappa shape index (κ1) is 15.2. The lowest BCUT2D eigenvalue weighted by molar-refractivity contribution is 0.268. The molecule has 18 heavy (non-hydrogen) atoms. The predicted molar refractivity (Wildman–Crippen MR) is 80.0 cm³/mol. The fraction of sp³-hybridized carbons (Fsp3) is 0.625. The fourth-order valence-corrected chi connectivity index (χ4v) is 1.88. The summed E-state index contributed by atoms with van der Waals surface area (Å²) < 4.78 is 0. The topological polar surface area (TPSA) is 15.3 Å². The van der Waals surface area contributed by atoms with E-state index in [0.29, 0.717) is 12.1 Å². The van der Waals surface area contributed by atoms with Gasteiger partial charge in [0.05, 0.1) is 0 Å². The van der Waals surface area contributed by atoms with Crippen LogP contribution in [0.3, 0.4) is 0 Å². The SMILES string of the molecule is Cc1ccc(C(C)NCCCN(C)C(C)C)cc1. The van der Waals surface area contributed by atoms with Crippen LogP contribution in [0, 0.1) is 6.92 Å². The molecule has 1 atom stereocenters. The number of nitrogens with one attached hydrogen (secondary N) is 1. The van der Waals surface area contributed by atoms with Gasteiger partial charge in [0.25, 0.3) is 0 Å². The Labute approximate surface area is 112 Å². The standard InChI is InChI=1S/C16H28N2/c1-13(2)18(5)12-6-11-17-15(4)16-9-7-14(3)8-10-16/h7-10,13,15,17H,6,11-12H2,1-5H3. The third-order valence-electron chi connectivity index (χ3n) is 3.60. The van der Waals surface area contributed by atoms with E-state index in [0.717, 1.165) is 13.1 Å². The van der Waals surface area contributed by atoms with E-state index in [1.165, 1.54) is 17.5 Å². The lowest BCUT2D eigenvalue weighted by atomic mass is 10.1. The molecular formula is C16H28N2. The quantitative estimate of drug-likeness (QED) is 0.744. The van der Waals surface area contributed by atoms with Gasteiger partial charge in [0.1, 0.15) is 0 Å². The van der Waals surface area contributed by atoms with Crippen LogP contribution in [0.15, 0.2) is 24.3 Å². The Bertz CT molecular complexity index is 329. The van der Waals surface area contributed by atoms with Gasteiger partial charge >= 0.3 is 0 Å². The Balaban J connectivity index is 2.25. The van der Waals surface area contributed by atoms with Crippen LogP contribution in [0.1, 0.15) is 44.4 Å². The van der Waals surface area contributed by atoms with Gasteiger partial charge in [0.2, 0.25) is 0 Å². The zero-order valence-corrected chi connectivity index (χ0v) is 12.5. The number of aryl methyl sites for hydroxylation is 1. The summed E-state index contributed by atoms with van der Waals surface area (Å²) in [4.78, 5) is 2.39. The number of hydrogen-bond donors (Lipinski definition) is 1. The van der Waals surface area contributed by atoms with Crippen LogP contribution in [0.25, 0.3) is 0 Å². The van der Waals surface area contributed by atoms with Gasteiger partial charge in [-0.15, -0.1) is 0 Å². The molecular weight excluding hydrogens is 220 g/mol. The van der Waals surface area contributed by atoms with Crippen molar-refractivity contribution in [3.63, 3.8) is 0 Å². The maximum Gasteiger partial charge on any atom is 0.0291 e. The molecule has 0 fully saturated rings. The molecule has 0 aliphatic carbocycles. The van der Waals surface area contributed by atoms with Gasteiger partial charge in [-0.2, -0.15) is 0 Å². The molecule has 0 aromatic heterocycles. The van der Waals surface area contributed by atoms with Crippen LogP contribution in [-0.2, 0) is 0 Å². The number of nitrogens with zero attached hydrogens (tertiary/aromatic N) is 1. The monoisotopic (exact) mass is 248 g/mol. The van der Waals surface area contributed by atoms with E-state index >= 15 is 0 Å². The van der Waals surface area contributed by atoms with Gasteiger partial charge in [0, 0.05) is 12.1 Å². The molecule has 0 saturated carbocycles. The van der Waals surface area contributed by atoms with Gasteiger partial charge in [-0.25, -0.2) is 0 Å². The summed E-state index contributed by atoms with van der Waals surface area (Å²) in [5.74, 6) is 0. The Morgan fingerprint density at radius 2 is 1.72 bits per heavy atom. The lowest BCUT2D eigenvalue weighted by Gasteiger charge is -2.21. The molecule has 1 rings (SSSR count). The second-order valence-corrected chi connectivity index (χ2v) is 5.51. The first-order valence-corrected chi connectivity index (χ1v) is 7.01. The average Bonchev–Trinajstić information content (AvgIpc) is 2.34. The highest BCUT2D eigenvalue weighted by molar-refractivity contribution is 5.23. The molecule has 1 aromatic carbocycles. The molecule has 0 saturated heterocycles. The van der Waals surface area contributed by atoms with Crippen molar-refractivity contribution in [3.8, 4) is 0 Å². The number of rotatable bonds is 7. The van der Waals surface area contributed by atoms with E-state index in [9.17, 15) is 0 Å². The van der Waals surface area contributed by atoms with E-state index < -0.39 is 0 Å². The van der Waals surface area contributed by atoms with Crippen molar-refractivity contribution in [2.45, 2.75) is 46.2 Å². The molecule has 0 aliphatic rings. The number of hydrogen-bond acceptors (Lipinski definition) is 2. The van der Waals surface area contributed by atoms with Crippen molar-refractivity contribution in [2.75, 3.05) is 20.1 Å². The Morgan fingerprint density at radius 1 is 1.11 bits per heavy atom. The molecule has 1 unspecified atom stereocenters. The molecule has 0 amide bonds. The lowest BCUT2D eigenvalue weighted by Crippen LogP contribution is -2.30. The maximum atomic E-state index is 3.59. The normalized spacial score (nSPS) is 13.3. The summed E-state index contributed by atoms with van der Waals surface area (Å²) in [5.41, 5.74) is 2.70. The minimum atomic E-state index is 0.440. The molecule has 0 bridgehead atoms. The van der Waals surface area contributed by atoms with Gasteiger partial charge in [-0.3, -0.25) is 0 Å². The van der Waals surface area contributed by atoms with Crippen LogP contribution >= 0.6 is 0 Å². The summed E-state index contributed by atoms with van der Waals surface area (Å²) >= 11 is 0. The van der Waals surface area contributed by atoms with E-state index in [4.69, 9.17) is 0 Å². The third kappa shape index (κ3) is 5.19. The molecule has 0 aliphatic heterocycles. The zero-order chi connectivity index (χ0) is 13.5. The van der Waals surface area contributed by atoms with Gasteiger partial charge < -0.3 is 10.2 Å². The maximum absolute atomic E-state index is 3.59. The summed E-state index contributed by atoms with van der Waals surface area (Å²) in [6.07, 6.45) is 1.20. The zero-order valence-electron chi connectivity index (χ0n) is 12.5. The van der Waals surface area contributed by atoms with Crippen LogP contribution in [0.2, 0.25) is 0 Å². The second kappa shape index (κ2) is 7.55. The highest BCUT2D eigenvalue weighted by Gasteiger charge is 2.05. The first-order chi connectivity index (χ1) is 8.50. The van der Waals surface area contributed by atoms with Gasteiger partial charge in [-0.1, -0.05) is 29.8 Å². The summed E-state index contributed by atoms with van der Waals surface area (Å²) in [6, 6.07) is 9.87. The molecule has 0 spiro atoms. The predicted octanol–water partition coefficient (Wildman–Crippen LogP) is 3.38. The van der Waals surface area contributed by atoms with Crippen LogP contribution in [0.5, 0.6) is 0 Å². The largest absolute Gasteiger partial charge is 0.310 e. The molecule has 1 aromatic rings. The van der Waals surface area contributed by atoms with E-state index in [2.05, 4.69) is 69.2 Å². The first-order valence-electron chi connectivity index (χ1n) is 7.01. The van der Waals surface area contributed by atoms with Crippen LogP contribution in [-0.4, -0.2) is 31.1 Å². The molecule has 0 radical (unpaired) electrons. The smallest absolute Gasteiger partial charge is 0.0291 e. The minimum Gasteiger partial charge on any atom is -0.310 e. The number of benzene rings is 1. The van der Waals surface area contributed by atoms with Crippen molar-refractivity contribution < 1.29 is 0 Å². The minimum absolute atomic E-state index is 0.440. The Hall–Kier alpha value is -0.860. The molecule has 2 nitrogen and oxygen atoms in total. The molecule has 0 heterocycles. The molecule has 1 N–H and O–H groups in total. The Kier molecular flexibility index (Phi) is 6.37. The summed E-state index contributed by atoms with van der Waals surface area (Å²) in [7, 11) is 2.19. The van der Waals surface area contributed by atoms with Crippen molar-refractivity contribution in [3.05, 3.63) is 35.4 Å².